The Balaban J connectivity index is -0.000000170. The minimum Gasteiger partial charge on any atom is -0.412 e. The van der Waals surface area contributed by atoms with E-state index in [1.165, 1.54) is 11.4 Å². The lowest BCUT2D eigenvalue weighted by Crippen LogP contribution is -1.94. The van der Waals surface area contributed by atoms with Gasteiger partial charge >= 0.3 is 31.2 Å². The molecule has 0 unspecified atom stereocenters. The smallest absolute Gasteiger partial charge is 0.394 e. The number of benzene rings is 2. The summed E-state index contributed by atoms with van der Waals surface area (Å²) in [6.07, 6.45) is 0. The summed E-state index contributed by atoms with van der Waals surface area (Å²) >= 11 is 0. The van der Waals surface area contributed by atoms with Crippen molar-refractivity contribution >= 4 is 42.6 Å². The van der Waals surface area contributed by atoms with Crippen LogP contribution in [0, 0.1) is 0 Å². The van der Waals surface area contributed by atoms with Crippen molar-refractivity contribution in [1.82, 2.24) is 0 Å². The van der Waals surface area contributed by atoms with Crippen molar-refractivity contribution in [2.24, 2.45) is 0 Å². The van der Waals surface area contributed by atoms with Gasteiger partial charge in [0.15, 0.2) is 0 Å². The van der Waals surface area contributed by atoms with Gasteiger partial charge in [0.25, 0.3) is 0 Å². The number of nitrogens with one attached hydrogen (secondary N) is 2. The Morgan fingerprint density at radius 3 is 0.853 bits per heavy atom. The van der Waals surface area contributed by atoms with Gasteiger partial charge in [-0.05, 0) is 38.1 Å². The zero-order valence-electron chi connectivity index (χ0n) is 18.0. The average molecular weight is 555 g/mol. The highest BCUT2D eigenvalue weighted by molar-refractivity contribution is 7.80. The Labute approximate surface area is 198 Å². The molecule has 2 aromatic rings. The summed E-state index contributed by atoms with van der Waals surface area (Å²) in [5, 5.41) is 6.42. The van der Waals surface area contributed by atoms with Crippen LogP contribution in [0.4, 0.5) is 11.4 Å². The number of hydrogen-bond acceptors (Lipinski definition) is 8. The Kier molecular flexibility index (Phi) is 24.2. The molecule has 0 aliphatic heterocycles. The molecule has 0 bridgehead atoms. The molecule has 0 aromatic heterocycles. The predicted molar refractivity (Wildman–Crippen MR) is 127 cm³/mol. The monoisotopic (exact) mass is 554 g/mol. The second-order valence-corrected chi connectivity index (χ2v) is 7.82. The molecule has 0 spiro atoms. The lowest BCUT2D eigenvalue weighted by molar-refractivity contribution is 0.378. The van der Waals surface area contributed by atoms with E-state index in [0.717, 1.165) is 13.1 Å². The Hall–Kier alpha value is -2.39. The lowest BCUT2D eigenvalue weighted by Gasteiger charge is -1.99. The summed E-state index contributed by atoms with van der Waals surface area (Å²) in [6, 6.07) is 20.4. The van der Waals surface area contributed by atoms with Crippen LogP contribution in [0.3, 0.4) is 0 Å². The van der Waals surface area contributed by atoms with E-state index in [9.17, 15) is 0 Å². The van der Waals surface area contributed by atoms with E-state index >= 15 is 0 Å². The standard InChI is InChI=1S/2C8H11N.3H2O4S.H2O/c2*1-2-9-8-6-4-3-5-7-8;3*1-5(2,3)4;/h2*3-7,9H,2H2,1H3;3*(H2,1,2,3,4);1H2. The zero-order chi connectivity index (χ0) is 26.6. The molecule has 0 fully saturated rings. The first-order chi connectivity index (χ1) is 14.9. The topological polar surface area (TPSA) is 279 Å². The molecular weight excluding hydrogens is 524 g/mol. The van der Waals surface area contributed by atoms with Gasteiger partial charge in [-0.2, -0.15) is 25.3 Å². The van der Waals surface area contributed by atoms with Gasteiger partial charge in [0.2, 0.25) is 0 Å². The third-order valence-electron chi connectivity index (χ3n) is 2.31. The first kappa shape index (κ1) is 38.9. The van der Waals surface area contributed by atoms with Gasteiger partial charge in [0.05, 0.1) is 0 Å². The number of anilines is 2. The van der Waals surface area contributed by atoms with Crippen LogP contribution < -0.4 is 10.6 Å². The van der Waals surface area contributed by atoms with E-state index in [-0.39, 0.29) is 5.48 Å². The minimum absolute atomic E-state index is 0. The molecule has 0 radical (unpaired) electrons. The molecule has 200 valence electrons. The molecule has 0 saturated heterocycles. The largest absolute Gasteiger partial charge is 0.412 e. The van der Waals surface area contributed by atoms with Crippen molar-refractivity contribution in [3.05, 3.63) is 60.7 Å². The first-order valence-corrected chi connectivity index (χ1v) is 12.7. The fraction of sp³-hybridized carbons (Fsp3) is 0.250. The zero-order valence-corrected chi connectivity index (χ0v) is 20.5. The van der Waals surface area contributed by atoms with Crippen molar-refractivity contribution in [3.63, 3.8) is 0 Å². The SMILES string of the molecule is CCNc1ccccc1.CCNc1ccccc1.O.O=S(=O)(O)O.O=S(=O)(O)O.O=S(=O)(O)O. The van der Waals surface area contributed by atoms with Crippen LogP contribution >= 0.6 is 0 Å². The van der Waals surface area contributed by atoms with Crippen LogP contribution in [0.1, 0.15) is 13.8 Å². The van der Waals surface area contributed by atoms with Crippen LogP contribution in [0.15, 0.2) is 60.7 Å². The third kappa shape index (κ3) is 63.0. The summed E-state index contributed by atoms with van der Waals surface area (Å²) in [4.78, 5) is 0. The van der Waals surface area contributed by atoms with Gasteiger partial charge in [-0.1, -0.05) is 36.4 Å². The molecule has 10 N–H and O–H groups in total. The second kappa shape index (κ2) is 21.2. The molecule has 34 heavy (non-hydrogen) atoms. The van der Waals surface area contributed by atoms with Crippen LogP contribution in [0.25, 0.3) is 0 Å². The highest BCUT2D eigenvalue weighted by Crippen LogP contribution is 2.03. The highest BCUT2D eigenvalue weighted by atomic mass is 32.3. The van der Waals surface area contributed by atoms with Gasteiger partial charge in [-0.3, -0.25) is 27.3 Å². The average Bonchev–Trinajstić information content (AvgIpc) is 2.60. The molecule has 18 heteroatoms. The van der Waals surface area contributed by atoms with Crippen molar-refractivity contribution < 1.29 is 58.0 Å². The summed E-state index contributed by atoms with van der Waals surface area (Å²) in [5.74, 6) is 0. The summed E-state index contributed by atoms with van der Waals surface area (Å²) in [7, 11) is -14.0. The maximum atomic E-state index is 8.74. The highest BCUT2D eigenvalue weighted by Gasteiger charge is 1.86. The Morgan fingerprint density at radius 2 is 0.706 bits per heavy atom. The normalized spacial score (nSPS) is 9.88. The van der Waals surface area contributed by atoms with Crippen molar-refractivity contribution in [2.45, 2.75) is 13.8 Å². The summed E-state index contributed by atoms with van der Waals surface area (Å²) in [5.41, 5.74) is 2.39. The molecule has 0 amide bonds. The Bertz CT molecular complexity index is 895. The third-order valence-corrected chi connectivity index (χ3v) is 2.31. The van der Waals surface area contributed by atoms with Crippen molar-refractivity contribution in [1.29, 1.82) is 0 Å². The van der Waals surface area contributed by atoms with Crippen LogP contribution in [-0.4, -0.2) is 71.1 Å². The number of rotatable bonds is 4. The number of hydrogen-bond donors (Lipinski definition) is 8. The van der Waals surface area contributed by atoms with Gasteiger partial charge in [0, 0.05) is 24.5 Å². The Morgan fingerprint density at radius 1 is 0.529 bits per heavy atom. The van der Waals surface area contributed by atoms with Crippen molar-refractivity contribution in [2.75, 3.05) is 23.7 Å². The van der Waals surface area contributed by atoms with Gasteiger partial charge < -0.3 is 16.1 Å². The summed E-state index contributed by atoms with van der Waals surface area (Å²) in [6.45, 7) is 6.16. The van der Waals surface area contributed by atoms with Crippen LogP contribution in [0.5, 0.6) is 0 Å². The fourth-order valence-electron chi connectivity index (χ4n) is 1.52. The molecule has 0 atom stereocenters. The molecule has 15 nitrogen and oxygen atoms in total. The van der Waals surface area contributed by atoms with Gasteiger partial charge in [-0.25, -0.2) is 0 Å². The van der Waals surface area contributed by atoms with Gasteiger partial charge in [-0.15, -0.1) is 0 Å². The summed E-state index contributed by atoms with van der Waals surface area (Å²) < 4.78 is 94.8. The first-order valence-electron chi connectivity index (χ1n) is 8.54. The molecular formula is C16H30N2O13S3. The minimum atomic E-state index is -4.67. The van der Waals surface area contributed by atoms with E-state index in [0.29, 0.717) is 0 Å². The molecule has 2 rings (SSSR count). The molecule has 0 aliphatic carbocycles. The number of para-hydroxylation sites is 2. The van der Waals surface area contributed by atoms with E-state index in [1.54, 1.807) is 0 Å². The fourth-order valence-corrected chi connectivity index (χ4v) is 1.52. The van der Waals surface area contributed by atoms with Crippen LogP contribution in [-0.2, 0) is 31.2 Å². The van der Waals surface area contributed by atoms with E-state index in [1.807, 2.05) is 36.4 Å². The quantitative estimate of drug-likeness (QED) is 0.248. The molecule has 0 aliphatic rings. The van der Waals surface area contributed by atoms with Crippen molar-refractivity contribution in [3.8, 4) is 0 Å². The molecule has 0 saturated carbocycles. The predicted octanol–water partition coefficient (Wildman–Crippen LogP) is 1.45. The van der Waals surface area contributed by atoms with E-state index in [4.69, 9.17) is 52.6 Å². The maximum Gasteiger partial charge on any atom is 0.394 e. The van der Waals surface area contributed by atoms with Crippen LogP contribution in [0.2, 0.25) is 0 Å². The molecule has 0 heterocycles. The second-order valence-electron chi connectivity index (χ2n) is 5.14. The van der Waals surface area contributed by atoms with Gasteiger partial charge in [0.1, 0.15) is 0 Å². The lowest BCUT2D eigenvalue weighted by atomic mass is 10.3. The van der Waals surface area contributed by atoms with E-state index in [2.05, 4.69) is 48.7 Å². The maximum absolute atomic E-state index is 8.74. The van der Waals surface area contributed by atoms with E-state index < -0.39 is 31.2 Å². The molecule has 2 aromatic carbocycles.